The highest BCUT2D eigenvalue weighted by atomic mass is 35.5. The first-order valence-corrected chi connectivity index (χ1v) is 6.88. The SMILES string of the molecule is Cc1ccc(F)c(C(CN)Nc2ccc(C)c(Cl)c2)c1. The van der Waals surface area contributed by atoms with Crippen LogP contribution in [0.1, 0.15) is 22.7 Å². The molecule has 2 rings (SSSR count). The molecule has 0 heterocycles. The molecule has 20 heavy (non-hydrogen) atoms. The standard InChI is InChI=1S/C16H18ClFN2/c1-10-3-6-15(18)13(7-10)16(9-19)20-12-5-4-11(2)14(17)8-12/h3-8,16,20H,9,19H2,1-2H3. The fourth-order valence-corrected chi connectivity index (χ4v) is 2.26. The predicted molar refractivity (Wildman–Crippen MR) is 82.7 cm³/mol. The van der Waals surface area contributed by atoms with E-state index in [9.17, 15) is 4.39 Å². The van der Waals surface area contributed by atoms with Gasteiger partial charge in [-0.05, 0) is 37.6 Å². The van der Waals surface area contributed by atoms with Crippen molar-refractivity contribution < 1.29 is 4.39 Å². The molecule has 1 unspecified atom stereocenters. The Balaban J connectivity index is 2.28. The lowest BCUT2D eigenvalue weighted by Gasteiger charge is -2.20. The number of hydrogen-bond donors (Lipinski definition) is 2. The van der Waals surface area contributed by atoms with Crippen LogP contribution in [0.15, 0.2) is 36.4 Å². The van der Waals surface area contributed by atoms with Crippen LogP contribution in [-0.4, -0.2) is 6.54 Å². The van der Waals surface area contributed by atoms with Crippen LogP contribution < -0.4 is 11.1 Å². The molecule has 0 fully saturated rings. The summed E-state index contributed by atoms with van der Waals surface area (Å²) in [6, 6.07) is 10.4. The second kappa shape index (κ2) is 6.25. The highest BCUT2D eigenvalue weighted by Crippen LogP contribution is 2.25. The zero-order valence-corrected chi connectivity index (χ0v) is 12.3. The molecule has 0 bridgehead atoms. The van der Waals surface area contributed by atoms with E-state index in [4.69, 9.17) is 17.3 Å². The molecule has 2 aromatic rings. The Bertz CT molecular complexity index is 613. The van der Waals surface area contributed by atoms with E-state index >= 15 is 0 Å². The lowest BCUT2D eigenvalue weighted by molar-refractivity contribution is 0.593. The molecule has 0 spiro atoms. The molecule has 2 nitrogen and oxygen atoms in total. The van der Waals surface area contributed by atoms with Gasteiger partial charge in [-0.3, -0.25) is 0 Å². The Morgan fingerprint density at radius 1 is 1.20 bits per heavy atom. The van der Waals surface area contributed by atoms with Crippen molar-refractivity contribution in [2.45, 2.75) is 19.9 Å². The number of nitrogens with two attached hydrogens (primary N) is 1. The Kier molecular flexibility index (Phi) is 4.63. The summed E-state index contributed by atoms with van der Waals surface area (Å²) in [4.78, 5) is 0. The van der Waals surface area contributed by atoms with Gasteiger partial charge in [-0.1, -0.05) is 35.4 Å². The van der Waals surface area contributed by atoms with Crippen molar-refractivity contribution in [2.24, 2.45) is 5.73 Å². The highest BCUT2D eigenvalue weighted by molar-refractivity contribution is 6.31. The minimum Gasteiger partial charge on any atom is -0.377 e. The van der Waals surface area contributed by atoms with Crippen LogP contribution in [0, 0.1) is 19.7 Å². The average molecular weight is 293 g/mol. The van der Waals surface area contributed by atoms with Crippen molar-refractivity contribution >= 4 is 17.3 Å². The van der Waals surface area contributed by atoms with Crippen LogP contribution in [0.5, 0.6) is 0 Å². The van der Waals surface area contributed by atoms with Crippen LogP contribution >= 0.6 is 11.6 Å². The summed E-state index contributed by atoms with van der Waals surface area (Å²) in [5.41, 5.74) is 9.19. The average Bonchev–Trinajstić information content (AvgIpc) is 2.43. The lowest BCUT2D eigenvalue weighted by atomic mass is 10.0. The van der Waals surface area contributed by atoms with Gasteiger partial charge in [0.05, 0.1) is 6.04 Å². The molecule has 0 aliphatic heterocycles. The monoisotopic (exact) mass is 292 g/mol. The first kappa shape index (κ1) is 14.8. The van der Waals surface area contributed by atoms with Gasteiger partial charge in [-0.25, -0.2) is 4.39 Å². The van der Waals surface area contributed by atoms with Gasteiger partial charge in [0.25, 0.3) is 0 Å². The van der Waals surface area contributed by atoms with Gasteiger partial charge < -0.3 is 11.1 Å². The molecule has 0 aliphatic carbocycles. The van der Waals surface area contributed by atoms with Crippen molar-refractivity contribution in [3.8, 4) is 0 Å². The summed E-state index contributed by atoms with van der Waals surface area (Å²) in [7, 11) is 0. The first-order valence-electron chi connectivity index (χ1n) is 6.50. The van der Waals surface area contributed by atoms with Crippen LogP contribution in [-0.2, 0) is 0 Å². The van der Waals surface area contributed by atoms with Gasteiger partial charge in [-0.15, -0.1) is 0 Å². The van der Waals surface area contributed by atoms with E-state index in [1.807, 2.05) is 38.1 Å². The minimum absolute atomic E-state index is 0.253. The molecule has 106 valence electrons. The molecule has 4 heteroatoms. The molecule has 3 N–H and O–H groups in total. The van der Waals surface area contributed by atoms with Gasteiger partial charge in [0, 0.05) is 22.8 Å². The number of anilines is 1. The Hall–Kier alpha value is -1.58. The van der Waals surface area contributed by atoms with Crippen LogP contribution in [0.2, 0.25) is 5.02 Å². The van der Waals surface area contributed by atoms with Crippen molar-refractivity contribution in [3.05, 3.63) is 63.9 Å². The number of benzene rings is 2. The van der Waals surface area contributed by atoms with Gasteiger partial charge in [0.15, 0.2) is 0 Å². The molecule has 0 saturated carbocycles. The normalized spacial score (nSPS) is 12.2. The van der Waals surface area contributed by atoms with E-state index < -0.39 is 0 Å². The summed E-state index contributed by atoms with van der Waals surface area (Å²) in [6.07, 6.45) is 0. The highest BCUT2D eigenvalue weighted by Gasteiger charge is 2.14. The summed E-state index contributed by atoms with van der Waals surface area (Å²) >= 11 is 6.10. The molecule has 0 amide bonds. The molecule has 0 aliphatic rings. The number of hydrogen-bond acceptors (Lipinski definition) is 2. The zero-order valence-electron chi connectivity index (χ0n) is 11.6. The van der Waals surface area contributed by atoms with E-state index in [1.54, 1.807) is 6.07 Å². The van der Waals surface area contributed by atoms with Gasteiger partial charge >= 0.3 is 0 Å². The zero-order chi connectivity index (χ0) is 14.7. The third-order valence-electron chi connectivity index (χ3n) is 3.28. The van der Waals surface area contributed by atoms with Gasteiger partial charge in [-0.2, -0.15) is 0 Å². The minimum atomic E-state index is -0.284. The molecule has 0 saturated heterocycles. The number of rotatable bonds is 4. The third-order valence-corrected chi connectivity index (χ3v) is 3.68. The summed E-state index contributed by atoms with van der Waals surface area (Å²) in [5, 5.41) is 3.91. The van der Waals surface area contributed by atoms with Gasteiger partial charge in [0.2, 0.25) is 0 Å². The summed E-state index contributed by atoms with van der Waals surface area (Å²) < 4.78 is 13.9. The molecule has 0 radical (unpaired) electrons. The van der Waals surface area contributed by atoms with Crippen molar-refractivity contribution in [1.82, 2.24) is 0 Å². The number of nitrogens with one attached hydrogen (secondary N) is 1. The summed E-state index contributed by atoms with van der Waals surface area (Å²) in [6.45, 7) is 4.16. The largest absolute Gasteiger partial charge is 0.377 e. The lowest BCUT2D eigenvalue weighted by Crippen LogP contribution is -2.21. The fraction of sp³-hybridized carbons (Fsp3) is 0.250. The predicted octanol–water partition coefficient (Wildman–Crippen LogP) is 4.21. The van der Waals surface area contributed by atoms with E-state index in [-0.39, 0.29) is 11.9 Å². The summed E-state index contributed by atoms with van der Waals surface area (Å²) in [5.74, 6) is -0.253. The van der Waals surface area contributed by atoms with Crippen molar-refractivity contribution in [2.75, 3.05) is 11.9 Å². The molecule has 2 aromatic carbocycles. The van der Waals surface area contributed by atoms with Crippen LogP contribution in [0.4, 0.5) is 10.1 Å². The van der Waals surface area contributed by atoms with E-state index in [1.165, 1.54) is 6.07 Å². The molecule has 0 aromatic heterocycles. The van der Waals surface area contributed by atoms with E-state index in [0.29, 0.717) is 17.1 Å². The maximum absolute atomic E-state index is 13.9. The van der Waals surface area contributed by atoms with Crippen molar-refractivity contribution in [3.63, 3.8) is 0 Å². The number of halogens is 2. The molecular weight excluding hydrogens is 275 g/mol. The maximum Gasteiger partial charge on any atom is 0.128 e. The van der Waals surface area contributed by atoms with E-state index in [0.717, 1.165) is 16.8 Å². The van der Waals surface area contributed by atoms with Gasteiger partial charge in [0.1, 0.15) is 5.82 Å². The number of aryl methyl sites for hydroxylation is 2. The second-order valence-corrected chi connectivity index (χ2v) is 5.33. The van der Waals surface area contributed by atoms with Crippen LogP contribution in [0.3, 0.4) is 0 Å². The molecular formula is C16H18ClFN2. The molecule has 1 atom stereocenters. The third kappa shape index (κ3) is 3.30. The first-order chi connectivity index (χ1) is 9.51. The Morgan fingerprint density at radius 3 is 2.60 bits per heavy atom. The topological polar surface area (TPSA) is 38.0 Å². The van der Waals surface area contributed by atoms with E-state index in [2.05, 4.69) is 5.32 Å². The van der Waals surface area contributed by atoms with Crippen molar-refractivity contribution in [1.29, 1.82) is 0 Å². The smallest absolute Gasteiger partial charge is 0.128 e. The fourth-order valence-electron chi connectivity index (χ4n) is 2.08. The second-order valence-electron chi connectivity index (χ2n) is 4.92. The van der Waals surface area contributed by atoms with Crippen LogP contribution in [0.25, 0.3) is 0 Å². The Morgan fingerprint density at radius 2 is 1.95 bits per heavy atom. The maximum atomic E-state index is 13.9. The Labute approximate surface area is 123 Å². The quantitative estimate of drug-likeness (QED) is 0.886.